The second kappa shape index (κ2) is 12.7. The number of halogens is 2. The molecule has 0 saturated carbocycles. The minimum absolute atomic E-state index is 0.151. The third kappa shape index (κ3) is 7.67. The zero-order valence-corrected chi connectivity index (χ0v) is 21.0. The largest absolute Gasteiger partial charge is 0.352 e. The molecular weight excluding hydrogens is 483 g/mol. The van der Waals surface area contributed by atoms with Crippen molar-refractivity contribution in [2.45, 2.75) is 12.8 Å². The van der Waals surface area contributed by atoms with Gasteiger partial charge in [0.1, 0.15) is 0 Å². The fraction of sp³-hybridized carbons (Fsp3) is 0.435. The van der Waals surface area contributed by atoms with E-state index in [-0.39, 0.29) is 12.5 Å². The van der Waals surface area contributed by atoms with Gasteiger partial charge in [-0.2, -0.15) is 0 Å². The summed E-state index contributed by atoms with van der Waals surface area (Å²) in [6.45, 7) is 6.15. The van der Waals surface area contributed by atoms with Gasteiger partial charge in [0.2, 0.25) is 0 Å². The van der Waals surface area contributed by atoms with Crippen LogP contribution in [0.15, 0.2) is 42.5 Å². The van der Waals surface area contributed by atoms with Crippen LogP contribution < -0.4 is 9.62 Å². The fourth-order valence-corrected chi connectivity index (χ4v) is 4.68. The van der Waals surface area contributed by atoms with E-state index in [9.17, 15) is 13.6 Å². The molecule has 0 aromatic heterocycles. The quantitative estimate of drug-likeness (QED) is 0.376. The van der Waals surface area contributed by atoms with Crippen molar-refractivity contribution in [3.05, 3.63) is 63.6 Å². The van der Waals surface area contributed by atoms with Gasteiger partial charge in [-0.05, 0) is 62.3 Å². The summed E-state index contributed by atoms with van der Waals surface area (Å²) in [5.74, 6) is -0.151. The van der Waals surface area contributed by atoms with Crippen molar-refractivity contribution in [1.29, 1.82) is 0 Å². The number of carbonyl (C=O) groups excluding carboxylic acids is 1. The Labute approximate surface area is 208 Å². The van der Waals surface area contributed by atoms with E-state index in [0.29, 0.717) is 34.3 Å². The molecule has 33 heavy (non-hydrogen) atoms. The second-order valence-electron chi connectivity index (χ2n) is 8.10. The Morgan fingerprint density at radius 2 is 1.82 bits per heavy atom. The van der Waals surface area contributed by atoms with Crippen LogP contribution in [-0.2, 0) is 17.7 Å². The summed E-state index contributed by atoms with van der Waals surface area (Å²) in [5.41, 5.74) is 1.85. The van der Waals surface area contributed by atoms with Gasteiger partial charge in [0.15, 0.2) is 0 Å². The van der Waals surface area contributed by atoms with Crippen LogP contribution in [-0.4, -0.2) is 77.3 Å². The van der Waals surface area contributed by atoms with Gasteiger partial charge in [0.25, 0.3) is 17.2 Å². The van der Waals surface area contributed by atoms with Crippen molar-refractivity contribution >= 4 is 46.1 Å². The highest BCUT2D eigenvalue weighted by Crippen LogP contribution is 2.26. The fourth-order valence-electron chi connectivity index (χ4n) is 3.72. The summed E-state index contributed by atoms with van der Waals surface area (Å²) in [7, 11) is 2.13. The van der Waals surface area contributed by atoms with Gasteiger partial charge in [-0.3, -0.25) is 13.7 Å². The molecule has 0 aliphatic carbocycles. The maximum absolute atomic E-state index is 12.5. The first kappa shape index (κ1) is 25.9. The number of nitrogens with one attached hydrogen (secondary N) is 1. The summed E-state index contributed by atoms with van der Waals surface area (Å²) in [5, 5.41) is 3.85. The topological polar surface area (TPSA) is 76.1 Å². The number of hydrogen-bond donors (Lipinski definition) is 2. The van der Waals surface area contributed by atoms with Crippen LogP contribution in [0.1, 0.15) is 22.3 Å². The van der Waals surface area contributed by atoms with Gasteiger partial charge in [-0.15, -0.1) is 0 Å². The molecule has 180 valence electrons. The van der Waals surface area contributed by atoms with Gasteiger partial charge >= 0.3 is 0 Å². The smallest absolute Gasteiger partial charge is 0.261 e. The predicted octanol–water partition coefficient (Wildman–Crippen LogP) is 3.55. The van der Waals surface area contributed by atoms with Gasteiger partial charge in [0, 0.05) is 44.8 Å². The molecule has 0 bridgehead atoms. The number of piperazine rings is 1. The molecule has 1 amide bonds. The Morgan fingerprint density at radius 3 is 2.48 bits per heavy atom. The van der Waals surface area contributed by atoms with Gasteiger partial charge in [-0.1, -0.05) is 35.3 Å². The molecule has 2 N–H and O–H groups in total. The predicted molar refractivity (Wildman–Crippen MR) is 136 cm³/mol. The van der Waals surface area contributed by atoms with Gasteiger partial charge in [0.05, 0.1) is 15.7 Å². The molecule has 1 unspecified atom stereocenters. The Kier molecular flexibility index (Phi) is 9.97. The van der Waals surface area contributed by atoms with Crippen LogP contribution in [0.3, 0.4) is 0 Å². The number of rotatable bonds is 10. The third-order valence-corrected chi connectivity index (χ3v) is 7.38. The SMILES string of the molecule is CN1CCN(CCCNC(=O)c2ccc(N(CCc3cccc(Cl)c3Cl)S(=O)O)cc2)CC1. The van der Waals surface area contributed by atoms with Crippen LogP contribution in [0.2, 0.25) is 10.0 Å². The summed E-state index contributed by atoms with van der Waals surface area (Å²) in [4.78, 5) is 17.2. The van der Waals surface area contributed by atoms with E-state index in [1.165, 1.54) is 4.31 Å². The summed E-state index contributed by atoms with van der Waals surface area (Å²) >= 11 is 10.1. The first-order chi connectivity index (χ1) is 15.8. The second-order valence-corrected chi connectivity index (χ2v) is 9.78. The highest BCUT2D eigenvalue weighted by atomic mass is 35.5. The molecular formula is C23H30Cl2N4O3S. The van der Waals surface area contributed by atoms with Crippen molar-refractivity contribution in [2.24, 2.45) is 0 Å². The minimum atomic E-state index is -2.22. The monoisotopic (exact) mass is 512 g/mol. The van der Waals surface area contributed by atoms with E-state index in [1.807, 2.05) is 6.07 Å². The number of amides is 1. The third-order valence-electron chi connectivity index (χ3n) is 5.75. The standard InChI is InChI=1S/C23H30Cl2N4O3S/c1-27-14-16-28(17-15-27)12-3-11-26-23(30)19-6-8-20(9-7-19)29(33(31)32)13-10-18-4-2-5-21(24)22(18)25/h2,4-9H,3,10-17H2,1H3,(H,26,30)(H,31,32). The molecule has 2 aromatic carbocycles. The first-order valence-corrected chi connectivity index (χ1v) is 12.8. The molecule has 1 fully saturated rings. The maximum atomic E-state index is 12.5. The van der Waals surface area contributed by atoms with Crippen molar-refractivity contribution in [3.63, 3.8) is 0 Å². The normalized spacial score (nSPS) is 15.9. The van der Waals surface area contributed by atoms with Crippen molar-refractivity contribution in [2.75, 3.05) is 57.2 Å². The zero-order chi connectivity index (χ0) is 23.8. The number of hydrogen-bond acceptors (Lipinski definition) is 4. The van der Waals surface area contributed by atoms with Crippen LogP contribution in [0.25, 0.3) is 0 Å². The summed E-state index contributed by atoms with van der Waals surface area (Å²) in [6, 6.07) is 12.0. The highest BCUT2D eigenvalue weighted by molar-refractivity contribution is 7.80. The summed E-state index contributed by atoms with van der Waals surface area (Å²) < 4.78 is 23.0. The average molecular weight is 513 g/mol. The average Bonchev–Trinajstić information content (AvgIpc) is 2.81. The molecule has 3 rings (SSSR count). The van der Waals surface area contributed by atoms with Crippen LogP contribution in [0, 0.1) is 0 Å². The molecule has 1 saturated heterocycles. The van der Waals surface area contributed by atoms with E-state index in [4.69, 9.17) is 23.2 Å². The number of anilines is 1. The Bertz CT molecular complexity index is 953. The molecule has 1 aliphatic heterocycles. The van der Waals surface area contributed by atoms with E-state index < -0.39 is 11.3 Å². The van der Waals surface area contributed by atoms with Gasteiger partial charge < -0.3 is 15.1 Å². The van der Waals surface area contributed by atoms with Crippen molar-refractivity contribution in [3.8, 4) is 0 Å². The lowest BCUT2D eigenvalue weighted by Crippen LogP contribution is -2.45. The van der Waals surface area contributed by atoms with Crippen molar-refractivity contribution < 1.29 is 13.6 Å². The lowest BCUT2D eigenvalue weighted by atomic mass is 10.1. The van der Waals surface area contributed by atoms with Crippen molar-refractivity contribution in [1.82, 2.24) is 15.1 Å². The van der Waals surface area contributed by atoms with E-state index in [2.05, 4.69) is 22.2 Å². The molecule has 1 aliphatic rings. The first-order valence-electron chi connectivity index (χ1n) is 11.0. The van der Waals surface area contributed by atoms with Crippen LogP contribution in [0.5, 0.6) is 0 Å². The Balaban J connectivity index is 1.49. The number of carbonyl (C=O) groups is 1. The van der Waals surface area contributed by atoms with E-state index in [0.717, 1.165) is 44.7 Å². The molecule has 7 nitrogen and oxygen atoms in total. The van der Waals surface area contributed by atoms with E-state index in [1.54, 1.807) is 36.4 Å². The van der Waals surface area contributed by atoms with Gasteiger partial charge in [-0.25, -0.2) is 4.21 Å². The number of likely N-dealkylation sites (N-methyl/N-ethyl adjacent to an activating group) is 1. The van der Waals surface area contributed by atoms with Crippen LogP contribution in [0.4, 0.5) is 5.69 Å². The molecule has 1 atom stereocenters. The zero-order valence-electron chi connectivity index (χ0n) is 18.7. The Morgan fingerprint density at radius 1 is 1.12 bits per heavy atom. The lowest BCUT2D eigenvalue weighted by Gasteiger charge is -2.32. The highest BCUT2D eigenvalue weighted by Gasteiger charge is 2.16. The number of benzene rings is 2. The Hall–Kier alpha value is -1.68. The lowest BCUT2D eigenvalue weighted by molar-refractivity contribution is 0.0949. The molecule has 0 radical (unpaired) electrons. The molecule has 10 heteroatoms. The summed E-state index contributed by atoms with van der Waals surface area (Å²) in [6.07, 6.45) is 1.35. The number of nitrogens with zero attached hydrogens (tertiary/aromatic N) is 3. The minimum Gasteiger partial charge on any atom is -0.352 e. The van der Waals surface area contributed by atoms with E-state index >= 15 is 0 Å². The maximum Gasteiger partial charge on any atom is 0.261 e. The van der Waals surface area contributed by atoms with Crippen LogP contribution >= 0.6 is 23.2 Å². The molecule has 0 spiro atoms. The molecule has 1 heterocycles. The molecule has 2 aromatic rings.